The fourth-order valence-corrected chi connectivity index (χ4v) is 4.57. The van der Waals surface area contributed by atoms with Crippen molar-refractivity contribution in [1.29, 1.82) is 0 Å². The van der Waals surface area contributed by atoms with Gasteiger partial charge in [-0.1, -0.05) is 24.3 Å². The molecule has 0 aliphatic carbocycles. The first-order valence-electron chi connectivity index (χ1n) is 9.55. The van der Waals surface area contributed by atoms with Crippen molar-refractivity contribution in [2.45, 2.75) is 25.8 Å². The van der Waals surface area contributed by atoms with Crippen molar-refractivity contribution in [3.05, 3.63) is 42.1 Å². The molecule has 2 aliphatic rings. The Kier molecular flexibility index (Phi) is 4.92. The van der Waals surface area contributed by atoms with Crippen molar-refractivity contribution in [3.63, 3.8) is 0 Å². The van der Waals surface area contributed by atoms with Crippen molar-refractivity contribution in [1.82, 2.24) is 14.8 Å². The SMILES string of the molecule is COCCN1CCCC2(CCN(Cc3cccc4cccnc34)C2)C1=O. The van der Waals surface area contributed by atoms with E-state index in [2.05, 4.69) is 34.1 Å². The van der Waals surface area contributed by atoms with Gasteiger partial charge in [0.2, 0.25) is 5.91 Å². The number of pyridine rings is 1. The number of carbonyl (C=O) groups excluding carboxylic acids is 1. The maximum Gasteiger partial charge on any atom is 0.230 e. The van der Waals surface area contributed by atoms with E-state index in [4.69, 9.17) is 4.74 Å². The second kappa shape index (κ2) is 7.33. The van der Waals surface area contributed by atoms with Crippen molar-refractivity contribution >= 4 is 16.8 Å². The smallest absolute Gasteiger partial charge is 0.230 e. The van der Waals surface area contributed by atoms with Gasteiger partial charge in [0.05, 0.1) is 17.5 Å². The van der Waals surface area contributed by atoms with Gasteiger partial charge < -0.3 is 9.64 Å². The van der Waals surface area contributed by atoms with Gasteiger partial charge in [-0.3, -0.25) is 14.7 Å². The van der Waals surface area contributed by atoms with Crippen molar-refractivity contribution < 1.29 is 9.53 Å². The van der Waals surface area contributed by atoms with Crippen LogP contribution in [0.2, 0.25) is 0 Å². The molecule has 0 bridgehead atoms. The third kappa shape index (κ3) is 3.21. The number of ether oxygens (including phenoxy) is 1. The average molecular weight is 353 g/mol. The van der Waals surface area contributed by atoms with Gasteiger partial charge in [-0.05, 0) is 37.4 Å². The zero-order valence-corrected chi connectivity index (χ0v) is 15.5. The molecule has 2 aromatic rings. The van der Waals surface area contributed by atoms with Crippen LogP contribution in [0.5, 0.6) is 0 Å². The molecule has 26 heavy (non-hydrogen) atoms. The molecule has 2 fully saturated rings. The van der Waals surface area contributed by atoms with Crippen molar-refractivity contribution in [2.75, 3.05) is 39.9 Å². The van der Waals surface area contributed by atoms with Crippen LogP contribution in [0, 0.1) is 5.41 Å². The van der Waals surface area contributed by atoms with Crippen LogP contribution in [0.25, 0.3) is 10.9 Å². The molecular formula is C21H27N3O2. The first-order valence-corrected chi connectivity index (χ1v) is 9.55. The largest absolute Gasteiger partial charge is 0.383 e. The number of aromatic nitrogens is 1. The number of rotatable bonds is 5. The summed E-state index contributed by atoms with van der Waals surface area (Å²) in [5.74, 6) is 0.333. The predicted octanol–water partition coefficient (Wildman–Crippen LogP) is 2.70. The van der Waals surface area contributed by atoms with Crippen LogP contribution in [0.15, 0.2) is 36.5 Å². The van der Waals surface area contributed by atoms with E-state index in [1.165, 1.54) is 10.9 Å². The molecule has 1 unspecified atom stereocenters. The Bertz CT molecular complexity index is 788. The van der Waals surface area contributed by atoms with Crippen LogP contribution in [0.1, 0.15) is 24.8 Å². The summed E-state index contributed by atoms with van der Waals surface area (Å²) in [5, 5.41) is 1.18. The van der Waals surface area contributed by atoms with Crippen molar-refractivity contribution in [2.24, 2.45) is 5.41 Å². The average Bonchev–Trinajstić information content (AvgIpc) is 3.07. The van der Waals surface area contributed by atoms with Crippen LogP contribution in [0.4, 0.5) is 0 Å². The molecule has 1 amide bonds. The van der Waals surface area contributed by atoms with Gasteiger partial charge in [0.25, 0.3) is 0 Å². The van der Waals surface area contributed by atoms with Gasteiger partial charge in [-0.15, -0.1) is 0 Å². The Labute approximate surface area is 154 Å². The highest BCUT2D eigenvalue weighted by Gasteiger charge is 2.48. The fraction of sp³-hybridized carbons (Fsp3) is 0.524. The Morgan fingerprint density at radius 3 is 2.96 bits per heavy atom. The zero-order chi connectivity index (χ0) is 18.0. The van der Waals surface area contributed by atoms with E-state index < -0.39 is 0 Å². The third-order valence-electron chi connectivity index (χ3n) is 5.93. The van der Waals surface area contributed by atoms with E-state index in [9.17, 15) is 4.79 Å². The number of piperidine rings is 1. The lowest BCUT2D eigenvalue weighted by Gasteiger charge is -2.39. The summed E-state index contributed by atoms with van der Waals surface area (Å²) >= 11 is 0. The number of fused-ring (bicyclic) bond motifs is 1. The van der Waals surface area contributed by atoms with Gasteiger partial charge in [0.15, 0.2) is 0 Å². The summed E-state index contributed by atoms with van der Waals surface area (Å²) in [6.07, 6.45) is 4.93. The zero-order valence-electron chi connectivity index (χ0n) is 15.5. The molecule has 2 aliphatic heterocycles. The van der Waals surface area contributed by atoms with E-state index in [1.807, 2.05) is 17.2 Å². The summed E-state index contributed by atoms with van der Waals surface area (Å²) in [6.45, 7) is 4.90. The molecule has 3 heterocycles. The standard InChI is InChI=1S/C21H27N3O2/c1-26-14-13-24-11-4-8-21(20(24)25)9-12-23(16-21)15-18-6-2-5-17-7-3-10-22-19(17)18/h2-3,5-7,10H,4,8-9,11-16H2,1H3. The summed E-state index contributed by atoms with van der Waals surface area (Å²) < 4.78 is 5.17. The Hall–Kier alpha value is -1.98. The molecule has 2 saturated heterocycles. The monoisotopic (exact) mass is 353 g/mol. The van der Waals surface area contributed by atoms with Gasteiger partial charge in [0.1, 0.15) is 0 Å². The number of benzene rings is 1. The lowest BCUT2D eigenvalue weighted by molar-refractivity contribution is -0.146. The molecule has 138 valence electrons. The van der Waals surface area contributed by atoms with Crippen LogP contribution >= 0.6 is 0 Å². The lowest BCUT2D eigenvalue weighted by atomic mass is 9.78. The van der Waals surface area contributed by atoms with Gasteiger partial charge in [-0.2, -0.15) is 0 Å². The number of likely N-dealkylation sites (tertiary alicyclic amines) is 2. The molecule has 0 N–H and O–H groups in total. The number of nitrogens with zero attached hydrogens (tertiary/aromatic N) is 3. The molecule has 5 heteroatoms. The minimum atomic E-state index is -0.190. The van der Waals surface area contributed by atoms with Gasteiger partial charge in [0, 0.05) is 44.9 Å². The third-order valence-corrected chi connectivity index (χ3v) is 5.93. The molecule has 1 atom stereocenters. The summed E-state index contributed by atoms with van der Waals surface area (Å²) in [5.41, 5.74) is 2.14. The van der Waals surface area contributed by atoms with Crippen LogP contribution in [-0.4, -0.2) is 60.6 Å². The molecular weight excluding hydrogens is 326 g/mol. The van der Waals surface area contributed by atoms with Gasteiger partial charge >= 0.3 is 0 Å². The number of hydrogen-bond donors (Lipinski definition) is 0. The Balaban J connectivity index is 1.48. The second-order valence-corrected chi connectivity index (χ2v) is 7.62. The van der Waals surface area contributed by atoms with Gasteiger partial charge in [-0.25, -0.2) is 0 Å². The molecule has 4 rings (SSSR count). The maximum atomic E-state index is 13.1. The predicted molar refractivity (Wildman–Crippen MR) is 102 cm³/mol. The highest BCUT2D eigenvalue weighted by molar-refractivity contribution is 5.84. The topological polar surface area (TPSA) is 45.7 Å². The highest BCUT2D eigenvalue weighted by atomic mass is 16.5. The van der Waals surface area contributed by atoms with E-state index in [-0.39, 0.29) is 5.41 Å². The molecule has 1 spiro atoms. The van der Waals surface area contributed by atoms with Crippen LogP contribution in [0.3, 0.4) is 0 Å². The summed E-state index contributed by atoms with van der Waals surface area (Å²) in [4.78, 5) is 22.1. The molecule has 1 aromatic heterocycles. The number of hydrogen-bond acceptors (Lipinski definition) is 4. The number of carbonyl (C=O) groups is 1. The van der Waals surface area contributed by atoms with Crippen LogP contribution in [-0.2, 0) is 16.1 Å². The normalized spacial score (nSPS) is 24.0. The first kappa shape index (κ1) is 17.4. The van der Waals surface area contributed by atoms with Crippen LogP contribution < -0.4 is 0 Å². The number of para-hydroxylation sites is 1. The maximum absolute atomic E-state index is 13.1. The van der Waals surface area contributed by atoms with E-state index >= 15 is 0 Å². The molecule has 0 radical (unpaired) electrons. The Morgan fingerprint density at radius 2 is 2.08 bits per heavy atom. The molecule has 5 nitrogen and oxygen atoms in total. The van der Waals surface area contributed by atoms with E-state index in [0.717, 1.165) is 51.0 Å². The van der Waals surface area contributed by atoms with Crippen molar-refractivity contribution in [3.8, 4) is 0 Å². The first-order chi connectivity index (χ1) is 12.7. The molecule has 0 saturated carbocycles. The lowest BCUT2D eigenvalue weighted by Crippen LogP contribution is -2.50. The highest BCUT2D eigenvalue weighted by Crippen LogP contribution is 2.40. The number of amides is 1. The Morgan fingerprint density at radius 1 is 1.19 bits per heavy atom. The van der Waals surface area contributed by atoms with E-state index in [0.29, 0.717) is 19.1 Å². The number of methoxy groups -OCH3 is 1. The summed E-state index contributed by atoms with van der Waals surface area (Å²) in [7, 11) is 1.69. The fourth-order valence-electron chi connectivity index (χ4n) is 4.57. The second-order valence-electron chi connectivity index (χ2n) is 7.62. The van der Waals surface area contributed by atoms with E-state index in [1.54, 1.807) is 7.11 Å². The summed E-state index contributed by atoms with van der Waals surface area (Å²) in [6, 6.07) is 10.5. The minimum Gasteiger partial charge on any atom is -0.383 e. The minimum absolute atomic E-state index is 0.190. The quantitative estimate of drug-likeness (QED) is 0.829. The molecule has 1 aromatic carbocycles.